The summed E-state index contributed by atoms with van der Waals surface area (Å²) < 4.78 is 6.76. The minimum Gasteiger partial charge on any atom is -0.484 e. The molecule has 1 N–H and O–H groups in total. The second-order valence-electron chi connectivity index (χ2n) is 7.98. The molecule has 0 saturated carbocycles. The number of hydrogen-bond donors (Lipinski definition) is 1. The predicted molar refractivity (Wildman–Crippen MR) is 124 cm³/mol. The second-order valence-corrected chi connectivity index (χ2v) is 9.23. The van der Waals surface area contributed by atoms with E-state index in [1.165, 1.54) is 0 Å². The molecule has 1 atom stereocenters. The fourth-order valence-corrected chi connectivity index (χ4v) is 3.16. The van der Waals surface area contributed by atoms with Crippen molar-refractivity contribution >= 4 is 34.4 Å². The zero-order chi connectivity index (χ0) is 21.4. The minimum absolute atomic E-state index is 0.109. The third-order valence-corrected chi connectivity index (χ3v) is 5.04. The molecule has 0 heterocycles. The molecule has 2 rings (SSSR count). The summed E-state index contributed by atoms with van der Waals surface area (Å²) in [7, 11) is 0. The van der Waals surface area contributed by atoms with Gasteiger partial charge < -0.3 is 15.0 Å². The Kier molecular flexibility index (Phi) is 8.49. The molecule has 2 aromatic rings. The highest BCUT2D eigenvalue weighted by molar-refractivity contribution is 14.1. The first-order valence-electron chi connectivity index (χ1n) is 9.69. The molecule has 0 fully saturated rings. The van der Waals surface area contributed by atoms with Crippen molar-refractivity contribution < 1.29 is 14.3 Å². The molecule has 0 aliphatic carbocycles. The number of amides is 2. The van der Waals surface area contributed by atoms with Crippen molar-refractivity contribution in [2.75, 3.05) is 13.2 Å². The number of rotatable bonds is 8. The van der Waals surface area contributed by atoms with Gasteiger partial charge in [0.15, 0.2) is 6.61 Å². The molecule has 0 aliphatic rings. The lowest BCUT2D eigenvalue weighted by atomic mass is 10.1. The van der Waals surface area contributed by atoms with Gasteiger partial charge in [-0.1, -0.05) is 30.3 Å². The van der Waals surface area contributed by atoms with Crippen molar-refractivity contribution in [3.8, 4) is 5.75 Å². The summed E-state index contributed by atoms with van der Waals surface area (Å²) >= 11 is 2.22. The van der Waals surface area contributed by atoms with Crippen molar-refractivity contribution in [3.05, 3.63) is 63.7 Å². The van der Waals surface area contributed by atoms with Gasteiger partial charge >= 0.3 is 0 Å². The SMILES string of the molecule is CC(C(=O)NC(C)(C)C)N(CCc1ccccc1)C(=O)COc1ccc(I)cc1. The molecule has 0 aromatic heterocycles. The van der Waals surface area contributed by atoms with Crippen LogP contribution in [0.4, 0.5) is 0 Å². The van der Waals surface area contributed by atoms with E-state index in [1.54, 1.807) is 11.8 Å². The molecular formula is C23H29IN2O3. The molecule has 5 nitrogen and oxygen atoms in total. The predicted octanol–water partition coefficient (Wildman–Crippen LogP) is 4.04. The lowest BCUT2D eigenvalue weighted by molar-refractivity contribution is -0.142. The number of carbonyl (C=O) groups excluding carboxylic acids is 2. The van der Waals surface area contributed by atoms with Gasteiger partial charge in [0.25, 0.3) is 5.91 Å². The molecule has 0 aliphatic heterocycles. The summed E-state index contributed by atoms with van der Waals surface area (Å²) in [6, 6.07) is 16.9. The molecule has 2 aromatic carbocycles. The Bertz CT molecular complexity index is 801. The van der Waals surface area contributed by atoms with Gasteiger partial charge in [-0.05, 0) is 86.5 Å². The first kappa shape index (κ1) is 23.2. The third kappa shape index (κ3) is 8.04. The maximum atomic E-state index is 12.9. The van der Waals surface area contributed by atoms with E-state index >= 15 is 0 Å². The Hall–Kier alpha value is -2.09. The smallest absolute Gasteiger partial charge is 0.261 e. The second kappa shape index (κ2) is 10.6. The molecular weight excluding hydrogens is 479 g/mol. The third-order valence-electron chi connectivity index (χ3n) is 4.33. The van der Waals surface area contributed by atoms with E-state index in [0.29, 0.717) is 18.7 Å². The van der Waals surface area contributed by atoms with Crippen LogP contribution in [-0.4, -0.2) is 41.4 Å². The maximum Gasteiger partial charge on any atom is 0.261 e. The Morgan fingerprint density at radius 2 is 1.69 bits per heavy atom. The Labute approximate surface area is 187 Å². The average Bonchev–Trinajstić information content (AvgIpc) is 2.67. The summed E-state index contributed by atoms with van der Waals surface area (Å²) in [6.45, 7) is 7.86. The molecule has 0 spiro atoms. The number of nitrogens with zero attached hydrogens (tertiary/aromatic N) is 1. The lowest BCUT2D eigenvalue weighted by Gasteiger charge is -2.31. The highest BCUT2D eigenvalue weighted by atomic mass is 127. The van der Waals surface area contributed by atoms with E-state index < -0.39 is 6.04 Å². The van der Waals surface area contributed by atoms with Crippen LogP contribution in [0.25, 0.3) is 0 Å². The number of benzene rings is 2. The van der Waals surface area contributed by atoms with Gasteiger partial charge in [0.1, 0.15) is 11.8 Å². The highest BCUT2D eigenvalue weighted by Gasteiger charge is 2.28. The summed E-state index contributed by atoms with van der Waals surface area (Å²) in [4.78, 5) is 27.2. The van der Waals surface area contributed by atoms with E-state index in [4.69, 9.17) is 4.74 Å². The average molecular weight is 508 g/mol. The zero-order valence-electron chi connectivity index (χ0n) is 17.4. The summed E-state index contributed by atoms with van der Waals surface area (Å²) in [5.74, 6) is 0.248. The topological polar surface area (TPSA) is 58.6 Å². The van der Waals surface area contributed by atoms with Crippen molar-refractivity contribution in [2.45, 2.75) is 45.7 Å². The van der Waals surface area contributed by atoms with Gasteiger partial charge in [0, 0.05) is 15.7 Å². The lowest BCUT2D eigenvalue weighted by Crippen LogP contribution is -2.53. The van der Waals surface area contributed by atoms with Crippen LogP contribution < -0.4 is 10.1 Å². The van der Waals surface area contributed by atoms with E-state index in [1.807, 2.05) is 75.4 Å². The van der Waals surface area contributed by atoms with Crippen LogP contribution in [0.1, 0.15) is 33.3 Å². The van der Waals surface area contributed by atoms with E-state index in [9.17, 15) is 9.59 Å². The maximum absolute atomic E-state index is 12.9. The highest BCUT2D eigenvalue weighted by Crippen LogP contribution is 2.14. The van der Waals surface area contributed by atoms with E-state index in [-0.39, 0.29) is 24.0 Å². The van der Waals surface area contributed by atoms with Gasteiger partial charge in [0.05, 0.1) is 0 Å². The molecule has 0 radical (unpaired) electrons. The molecule has 1 unspecified atom stereocenters. The minimum atomic E-state index is -0.592. The molecule has 0 saturated heterocycles. The fourth-order valence-electron chi connectivity index (χ4n) is 2.80. The van der Waals surface area contributed by atoms with E-state index in [0.717, 1.165) is 9.13 Å². The van der Waals surface area contributed by atoms with Crippen molar-refractivity contribution in [1.29, 1.82) is 0 Å². The van der Waals surface area contributed by atoms with Crippen LogP contribution in [0.3, 0.4) is 0 Å². The van der Waals surface area contributed by atoms with Crippen LogP contribution in [0.5, 0.6) is 5.75 Å². The van der Waals surface area contributed by atoms with Crippen LogP contribution in [0, 0.1) is 3.57 Å². The van der Waals surface area contributed by atoms with Crippen molar-refractivity contribution in [1.82, 2.24) is 10.2 Å². The van der Waals surface area contributed by atoms with Crippen LogP contribution in [-0.2, 0) is 16.0 Å². The Balaban J connectivity index is 2.07. The summed E-state index contributed by atoms with van der Waals surface area (Å²) in [5.41, 5.74) is 0.754. The van der Waals surface area contributed by atoms with Gasteiger partial charge in [-0.25, -0.2) is 0 Å². The number of nitrogens with one attached hydrogen (secondary N) is 1. The van der Waals surface area contributed by atoms with Gasteiger partial charge in [-0.3, -0.25) is 9.59 Å². The van der Waals surface area contributed by atoms with E-state index in [2.05, 4.69) is 27.9 Å². The number of hydrogen-bond acceptors (Lipinski definition) is 3. The molecule has 0 bridgehead atoms. The molecule has 156 valence electrons. The van der Waals surface area contributed by atoms with Gasteiger partial charge in [-0.2, -0.15) is 0 Å². The summed E-state index contributed by atoms with van der Waals surface area (Å²) in [5, 5.41) is 2.96. The monoisotopic (exact) mass is 508 g/mol. The molecule has 29 heavy (non-hydrogen) atoms. The number of carbonyl (C=O) groups is 2. The van der Waals surface area contributed by atoms with Gasteiger partial charge in [-0.15, -0.1) is 0 Å². The Morgan fingerprint density at radius 3 is 2.28 bits per heavy atom. The van der Waals surface area contributed by atoms with Crippen molar-refractivity contribution in [2.24, 2.45) is 0 Å². The number of halogens is 1. The first-order valence-corrected chi connectivity index (χ1v) is 10.8. The normalized spacial score (nSPS) is 12.2. The Morgan fingerprint density at radius 1 is 1.07 bits per heavy atom. The summed E-state index contributed by atoms with van der Waals surface area (Å²) in [6.07, 6.45) is 0.670. The molecule has 2 amide bonds. The molecule has 6 heteroatoms. The van der Waals surface area contributed by atoms with Crippen LogP contribution in [0.15, 0.2) is 54.6 Å². The quantitative estimate of drug-likeness (QED) is 0.548. The van der Waals surface area contributed by atoms with Crippen LogP contribution in [0.2, 0.25) is 0 Å². The standard InChI is InChI=1S/C23H29IN2O3/c1-17(22(28)25-23(2,3)4)26(15-14-18-8-6-5-7-9-18)21(27)16-29-20-12-10-19(24)11-13-20/h5-13,17H,14-16H2,1-4H3,(H,25,28). The number of ether oxygens (including phenoxy) is 1. The van der Waals surface area contributed by atoms with Crippen LogP contribution >= 0.6 is 22.6 Å². The zero-order valence-corrected chi connectivity index (χ0v) is 19.6. The van der Waals surface area contributed by atoms with Crippen molar-refractivity contribution in [3.63, 3.8) is 0 Å². The largest absolute Gasteiger partial charge is 0.484 e. The first-order chi connectivity index (χ1) is 13.7. The fraction of sp³-hybridized carbons (Fsp3) is 0.391. The van der Waals surface area contributed by atoms with Gasteiger partial charge in [0.2, 0.25) is 5.91 Å².